The van der Waals surface area contributed by atoms with Gasteiger partial charge in [-0.2, -0.15) is 5.10 Å². The summed E-state index contributed by atoms with van der Waals surface area (Å²) in [5, 5.41) is 4.76. The minimum Gasteiger partial charge on any atom is -0.304 e. The molecule has 0 saturated heterocycles. The van der Waals surface area contributed by atoms with Gasteiger partial charge in [0.25, 0.3) is 0 Å². The molecular formula is C24H22ClFN6. The maximum atomic E-state index is 14.0. The monoisotopic (exact) mass is 448 g/mol. The lowest BCUT2D eigenvalue weighted by Crippen LogP contribution is -2.18. The fourth-order valence-corrected chi connectivity index (χ4v) is 4.25. The lowest BCUT2D eigenvalue weighted by atomic mass is 9.91. The number of halogens is 2. The summed E-state index contributed by atoms with van der Waals surface area (Å²) in [4.78, 5) is 13.7. The molecule has 0 amide bonds. The second-order valence-corrected chi connectivity index (χ2v) is 8.42. The van der Waals surface area contributed by atoms with Gasteiger partial charge >= 0.3 is 0 Å². The number of rotatable bonds is 4. The van der Waals surface area contributed by atoms with Crippen molar-refractivity contribution < 1.29 is 4.39 Å². The van der Waals surface area contributed by atoms with Crippen molar-refractivity contribution in [3.63, 3.8) is 0 Å². The molecule has 0 spiro atoms. The van der Waals surface area contributed by atoms with Gasteiger partial charge in [-0.1, -0.05) is 17.7 Å². The van der Waals surface area contributed by atoms with E-state index in [9.17, 15) is 4.39 Å². The van der Waals surface area contributed by atoms with Gasteiger partial charge in [0.15, 0.2) is 5.82 Å². The third kappa shape index (κ3) is 3.96. The molecule has 5 rings (SSSR count). The second kappa shape index (κ2) is 8.31. The molecule has 1 aliphatic rings. The van der Waals surface area contributed by atoms with Gasteiger partial charge in [0.05, 0.1) is 34.1 Å². The van der Waals surface area contributed by atoms with Crippen LogP contribution in [0.4, 0.5) is 4.39 Å². The Morgan fingerprint density at radius 2 is 2.00 bits per heavy atom. The Morgan fingerprint density at radius 1 is 1.12 bits per heavy atom. The molecule has 0 N–H and O–H groups in total. The Morgan fingerprint density at radius 3 is 2.75 bits per heavy atom. The Balaban J connectivity index is 1.39. The number of hydrogen-bond acceptors (Lipinski definition) is 4. The van der Waals surface area contributed by atoms with Crippen molar-refractivity contribution in [2.45, 2.75) is 39.2 Å². The van der Waals surface area contributed by atoms with Crippen LogP contribution in [0, 0.1) is 19.7 Å². The summed E-state index contributed by atoms with van der Waals surface area (Å²) >= 11 is 5.85. The molecule has 0 fully saturated rings. The van der Waals surface area contributed by atoms with E-state index < -0.39 is 5.82 Å². The first-order valence-corrected chi connectivity index (χ1v) is 10.9. The van der Waals surface area contributed by atoms with Crippen LogP contribution in [0.2, 0.25) is 5.02 Å². The van der Waals surface area contributed by atoms with E-state index in [0.29, 0.717) is 5.82 Å². The van der Waals surface area contributed by atoms with Crippen molar-refractivity contribution in [1.29, 1.82) is 0 Å². The van der Waals surface area contributed by atoms with Crippen molar-refractivity contribution in [3.05, 3.63) is 88.0 Å². The third-order valence-corrected chi connectivity index (χ3v) is 6.02. The maximum Gasteiger partial charge on any atom is 0.174 e. The minimum absolute atomic E-state index is 0.00320. The molecule has 0 unspecified atom stereocenters. The maximum absolute atomic E-state index is 14.0. The Hall–Kier alpha value is -3.32. The molecule has 4 aromatic rings. The van der Waals surface area contributed by atoms with Gasteiger partial charge in [0.2, 0.25) is 0 Å². The van der Waals surface area contributed by atoms with Crippen molar-refractivity contribution >= 4 is 23.8 Å². The summed E-state index contributed by atoms with van der Waals surface area (Å²) < 4.78 is 17.9. The molecular weight excluding hydrogens is 427 g/mol. The summed E-state index contributed by atoms with van der Waals surface area (Å²) in [7, 11) is 0. The predicted octanol–water partition coefficient (Wildman–Crippen LogP) is 5.36. The fraction of sp³-hybridized carbons (Fsp3) is 0.250. The molecule has 3 aromatic heterocycles. The van der Waals surface area contributed by atoms with Gasteiger partial charge in [0, 0.05) is 18.7 Å². The highest BCUT2D eigenvalue weighted by atomic mass is 35.5. The van der Waals surface area contributed by atoms with Gasteiger partial charge in [-0.15, -0.1) is 0 Å². The van der Waals surface area contributed by atoms with Crippen LogP contribution in [-0.2, 0) is 6.54 Å². The summed E-state index contributed by atoms with van der Waals surface area (Å²) in [6.07, 6.45) is 9.41. The number of nitrogens with zero attached hydrogens (tertiary/aromatic N) is 6. The lowest BCUT2D eigenvalue weighted by molar-refractivity contribution is 0.444. The van der Waals surface area contributed by atoms with E-state index in [0.717, 1.165) is 53.5 Å². The average Bonchev–Trinajstić information content (AvgIpc) is 3.40. The van der Waals surface area contributed by atoms with Crippen LogP contribution in [0.5, 0.6) is 0 Å². The third-order valence-electron chi connectivity index (χ3n) is 5.71. The van der Waals surface area contributed by atoms with Crippen LogP contribution in [0.3, 0.4) is 0 Å². The average molecular weight is 449 g/mol. The first-order valence-electron chi connectivity index (χ1n) is 10.5. The molecule has 0 aliphatic carbocycles. The van der Waals surface area contributed by atoms with E-state index in [4.69, 9.17) is 16.6 Å². The molecule has 32 heavy (non-hydrogen) atoms. The summed E-state index contributed by atoms with van der Waals surface area (Å²) in [6.45, 7) is 4.74. The number of hydrogen-bond donors (Lipinski definition) is 0. The van der Waals surface area contributed by atoms with E-state index in [2.05, 4.69) is 15.1 Å². The van der Waals surface area contributed by atoms with E-state index in [1.54, 1.807) is 12.4 Å². The van der Waals surface area contributed by atoms with Crippen LogP contribution in [0.25, 0.3) is 17.8 Å². The molecule has 6 nitrogen and oxygen atoms in total. The Labute approximate surface area is 190 Å². The minimum atomic E-state index is -0.406. The lowest BCUT2D eigenvalue weighted by Gasteiger charge is -2.22. The van der Waals surface area contributed by atoms with Crippen molar-refractivity contribution in [1.82, 2.24) is 29.3 Å². The number of imidazole rings is 1. The van der Waals surface area contributed by atoms with Gasteiger partial charge in [0.1, 0.15) is 11.6 Å². The van der Waals surface area contributed by atoms with E-state index >= 15 is 0 Å². The first-order chi connectivity index (χ1) is 15.5. The summed E-state index contributed by atoms with van der Waals surface area (Å²) in [5.41, 5.74) is 4.57. The molecule has 4 heterocycles. The molecule has 1 atom stereocenters. The smallest absolute Gasteiger partial charge is 0.174 e. The number of benzene rings is 1. The summed E-state index contributed by atoms with van der Waals surface area (Å²) in [6, 6.07) is 8.96. The highest BCUT2D eigenvalue weighted by molar-refractivity contribution is 6.30. The zero-order valence-electron chi connectivity index (χ0n) is 17.8. The zero-order valence-corrected chi connectivity index (χ0v) is 18.6. The molecule has 162 valence electrons. The standard InChI is InChI=1S/C24H22ClFN6/c1-15-13-31(14-27-15)22-9-6-18(28-16(22)2)7-10-23-29-24-19(4-3-11-32(24)30-23)17-5-8-20(25)21(26)12-17/h5-10,12-14,19H,3-4,11H2,1-2H3/b10-7+/t19-/m1/s1. The highest BCUT2D eigenvalue weighted by Gasteiger charge is 2.26. The van der Waals surface area contributed by atoms with Crippen LogP contribution in [0.15, 0.2) is 42.9 Å². The molecule has 0 saturated carbocycles. The number of aromatic nitrogens is 6. The predicted molar refractivity (Wildman–Crippen MR) is 122 cm³/mol. The van der Waals surface area contributed by atoms with Crippen molar-refractivity contribution in [2.24, 2.45) is 0 Å². The SMILES string of the molecule is Cc1cn(-c2ccc(/C=C/c3nc4n(n3)CCC[C@@H]4c3ccc(Cl)c(F)c3)nc2C)cn1. The molecule has 8 heteroatoms. The first kappa shape index (κ1) is 20.6. The Kier molecular flexibility index (Phi) is 5.35. The Bertz CT molecular complexity index is 1320. The quantitative estimate of drug-likeness (QED) is 0.421. The topological polar surface area (TPSA) is 61.4 Å². The van der Waals surface area contributed by atoms with Gasteiger partial charge in [-0.05, 0) is 68.7 Å². The van der Waals surface area contributed by atoms with Crippen LogP contribution in [-0.4, -0.2) is 29.3 Å². The van der Waals surface area contributed by atoms with E-state index in [-0.39, 0.29) is 10.9 Å². The second-order valence-electron chi connectivity index (χ2n) is 8.02. The van der Waals surface area contributed by atoms with Gasteiger partial charge in [-0.3, -0.25) is 4.98 Å². The fourth-order valence-electron chi connectivity index (χ4n) is 4.14. The zero-order chi connectivity index (χ0) is 22.2. The van der Waals surface area contributed by atoms with Crippen LogP contribution < -0.4 is 0 Å². The van der Waals surface area contributed by atoms with Crippen LogP contribution >= 0.6 is 11.6 Å². The normalized spacial score (nSPS) is 15.9. The van der Waals surface area contributed by atoms with Gasteiger partial charge < -0.3 is 4.57 Å². The largest absolute Gasteiger partial charge is 0.304 e. The van der Waals surface area contributed by atoms with E-state index in [1.807, 2.05) is 59.6 Å². The number of aryl methyl sites for hydroxylation is 3. The molecule has 0 bridgehead atoms. The van der Waals surface area contributed by atoms with E-state index in [1.165, 1.54) is 6.07 Å². The van der Waals surface area contributed by atoms with Crippen molar-refractivity contribution in [3.8, 4) is 5.69 Å². The van der Waals surface area contributed by atoms with Crippen molar-refractivity contribution in [2.75, 3.05) is 0 Å². The highest BCUT2D eigenvalue weighted by Crippen LogP contribution is 2.33. The number of fused-ring (bicyclic) bond motifs is 1. The molecule has 1 aromatic carbocycles. The molecule has 0 radical (unpaired) electrons. The van der Waals surface area contributed by atoms with Gasteiger partial charge in [-0.25, -0.2) is 19.0 Å². The van der Waals surface area contributed by atoms with Crippen LogP contribution in [0.1, 0.15) is 53.1 Å². The summed E-state index contributed by atoms with van der Waals surface area (Å²) in [5.74, 6) is 1.07. The molecule has 1 aliphatic heterocycles. The number of pyridine rings is 1.